The average molecular weight is 341 g/mol. The van der Waals surface area contributed by atoms with E-state index >= 15 is 0 Å². The van der Waals surface area contributed by atoms with Crippen molar-refractivity contribution in [2.45, 2.75) is 31.3 Å². The van der Waals surface area contributed by atoms with Gasteiger partial charge in [-0.1, -0.05) is 0 Å². The van der Waals surface area contributed by atoms with Crippen molar-refractivity contribution >= 4 is 5.91 Å². The van der Waals surface area contributed by atoms with Crippen LogP contribution in [0.2, 0.25) is 0 Å². The van der Waals surface area contributed by atoms with Crippen LogP contribution in [0.4, 0.5) is 0 Å². The number of piperidine rings is 1. The van der Waals surface area contributed by atoms with Crippen molar-refractivity contribution in [1.82, 2.24) is 24.6 Å². The fraction of sp³-hybridized carbons (Fsp3) is 0.556. The van der Waals surface area contributed by atoms with Crippen molar-refractivity contribution in [2.75, 3.05) is 19.7 Å². The molecular formula is C18H23N5O2. The summed E-state index contributed by atoms with van der Waals surface area (Å²) in [6.07, 6.45) is 12.6. The van der Waals surface area contributed by atoms with Gasteiger partial charge < -0.3 is 9.64 Å². The molecule has 4 rings (SSSR count). The minimum Gasteiger partial charge on any atom is -0.375 e. The molecule has 0 N–H and O–H groups in total. The SMILES string of the molecule is Cn1cc(C(=O)N2CCC3(CC2)C[C@H](Cc2cncnc2)CO3)cn1. The van der Waals surface area contributed by atoms with E-state index in [1.165, 1.54) is 0 Å². The third-order valence-electron chi connectivity index (χ3n) is 5.34. The van der Waals surface area contributed by atoms with Gasteiger partial charge in [0.25, 0.3) is 5.91 Å². The van der Waals surface area contributed by atoms with Crippen LogP contribution >= 0.6 is 0 Å². The zero-order valence-corrected chi connectivity index (χ0v) is 14.5. The Balaban J connectivity index is 1.33. The minimum absolute atomic E-state index is 0.0635. The number of amides is 1. The summed E-state index contributed by atoms with van der Waals surface area (Å²) in [4.78, 5) is 22.6. The maximum Gasteiger partial charge on any atom is 0.257 e. The van der Waals surface area contributed by atoms with Gasteiger partial charge in [-0.2, -0.15) is 5.10 Å². The summed E-state index contributed by atoms with van der Waals surface area (Å²) in [7, 11) is 1.83. The molecule has 1 amide bonds. The zero-order chi connectivity index (χ0) is 17.3. The summed E-state index contributed by atoms with van der Waals surface area (Å²) in [5, 5.41) is 4.09. The Bertz CT molecular complexity index is 737. The molecule has 2 aromatic rings. The van der Waals surface area contributed by atoms with E-state index in [0.29, 0.717) is 11.5 Å². The molecular weight excluding hydrogens is 318 g/mol. The van der Waals surface area contributed by atoms with Crippen LogP contribution in [0, 0.1) is 5.92 Å². The number of aryl methyl sites for hydroxylation is 1. The van der Waals surface area contributed by atoms with Gasteiger partial charge in [0.2, 0.25) is 0 Å². The lowest BCUT2D eigenvalue weighted by molar-refractivity contribution is -0.0391. The van der Waals surface area contributed by atoms with E-state index in [0.717, 1.165) is 50.9 Å². The van der Waals surface area contributed by atoms with Gasteiger partial charge in [0.05, 0.1) is 24.0 Å². The first-order valence-electron chi connectivity index (χ1n) is 8.79. The van der Waals surface area contributed by atoms with Crippen molar-refractivity contribution in [3.8, 4) is 0 Å². The molecule has 0 unspecified atom stereocenters. The molecule has 2 saturated heterocycles. The summed E-state index contributed by atoms with van der Waals surface area (Å²) < 4.78 is 7.87. The zero-order valence-electron chi connectivity index (χ0n) is 14.5. The normalized spacial score (nSPS) is 22.4. The number of aromatic nitrogens is 4. The Morgan fingerprint density at radius 3 is 2.72 bits per heavy atom. The second kappa shape index (κ2) is 6.55. The van der Waals surface area contributed by atoms with Gasteiger partial charge in [0.15, 0.2) is 0 Å². The number of nitrogens with zero attached hydrogens (tertiary/aromatic N) is 5. The highest BCUT2D eigenvalue weighted by atomic mass is 16.5. The predicted octanol–water partition coefficient (Wildman–Crippen LogP) is 1.46. The number of hydrogen-bond donors (Lipinski definition) is 0. The van der Waals surface area contributed by atoms with Gasteiger partial charge in [-0.05, 0) is 37.2 Å². The Kier molecular flexibility index (Phi) is 4.25. The van der Waals surface area contributed by atoms with Crippen LogP contribution in [0.5, 0.6) is 0 Å². The summed E-state index contributed by atoms with van der Waals surface area (Å²) in [6, 6.07) is 0. The first kappa shape index (κ1) is 16.2. The topological polar surface area (TPSA) is 73.1 Å². The Morgan fingerprint density at radius 1 is 1.28 bits per heavy atom. The predicted molar refractivity (Wildman–Crippen MR) is 90.9 cm³/mol. The van der Waals surface area contributed by atoms with E-state index in [4.69, 9.17) is 4.74 Å². The second-order valence-corrected chi connectivity index (χ2v) is 7.21. The lowest BCUT2D eigenvalue weighted by Crippen LogP contribution is -2.46. The summed E-state index contributed by atoms with van der Waals surface area (Å²) >= 11 is 0. The molecule has 7 nitrogen and oxygen atoms in total. The number of ether oxygens (including phenoxy) is 1. The Morgan fingerprint density at radius 2 is 2.04 bits per heavy atom. The van der Waals surface area contributed by atoms with Crippen molar-refractivity contribution in [3.05, 3.63) is 42.2 Å². The fourth-order valence-electron chi connectivity index (χ4n) is 4.02. The van der Waals surface area contributed by atoms with E-state index in [1.54, 1.807) is 23.4 Å². The monoisotopic (exact) mass is 341 g/mol. The summed E-state index contributed by atoms with van der Waals surface area (Å²) in [6.45, 7) is 2.27. The van der Waals surface area contributed by atoms with Gasteiger partial charge in [0.1, 0.15) is 6.33 Å². The molecule has 2 fully saturated rings. The van der Waals surface area contributed by atoms with Gasteiger partial charge in [0, 0.05) is 38.7 Å². The molecule has 0 aliphatic carbocycles. The van der Waals surface area contributed by atoms with Crippen LogP contribution in [0.25, 0.3) is 0 Å². The highest BCUT2D eigenvalue weighted by Gasteiger charge is 2.43. The number of hydrogen-bond acceptors (Lipinski definition) is 5. The average Bonchev–Trinajstić information content (AvgIpc) is 3.23. The maximum atomic E-state index is 12.5. The van der Waals surface area contributed by atoms with E-state index in [-0.39, 0.29) is 11.5 Å². The molecule has 0 saturated carbocycles. The van der Waals surface area contributed by atoms with Gasteiger partial charge >= 0.3 is 0 Å². The van der Waals surface area contributed by atoms with E-state index in [2.05, 4.69) is 15.1 Å². The summed E-state index contributed by atoms with van der Waals surface area (Å²) in [5.74, 6) is 0.575. The van der Waals surface area contributed by atoms with Gasteiger partial charge in [-0.3, -0.25) is 9.48 Å². The smallest absolute Gasteiger partial charge is 0.257 e. The third kappa shape index (κ3) is 3.42. The number of carbonyl (C=O) groups is 1. The molecule has 132 valence electrons. The number of likely N-dealkylation sites (tertiary alicyclic amines) is 1. The molecule has 2 aromatic heterocycles. The molecule has 25 heavy (non-hydrogen) atoms. The van der Waals surface area contributed by atoms with Gasteiger partial charge in [-0.25, -0.2) is 9.97 Å². The lowest BCUT2D eigenvalue weighted by Gasteiger charge is -2.38. The lowest BCUT2D eigenvalue weighted by atomic mass is 9.83. The molecule has 0 radical (unpaired) electrons. The molecule has 0 bridgehead atoms. The summed E-state index contributed by atoms with van der Waals surface area (Å²) in [5.41, 5.74) is 1.76. The second-order valence-electron chi connectivity index (χ2n) is 7.21. The van der Waals surface area contributed by atoms with Crippen molar-refractivity contribution < 1.29 is 9.53 Å². The minimum atomic E-state index is -0.0635. The van der Waals surface area contributed by atoms with E-state index < -0.39 is 0 Å². The standard InChI is InChI=1S/C18H23N5O2/c1-22-11-16(10-21-22)17(24)23-4-2-18(3-5-23)7-14(12-25-18)6-15-8-19-13-20-9-15/h8-11,13-14H,2-7,12H2,1H3/t14-/m0/s1. The molecule has 4 heterocycles. The molecule has 7 heteroatoms. The Hall–Kier alpha value is -2.28. The molecule has 1 spiro atoms. The highest BCUT2D eigenvalue weighted by Crippen LogP contribution is 2.39. The van der Waals surface area contributed by atoms with E-state index in [1.807, 2.05) is 24.3 Å². The van der Waals surface area contributed by atoms with Crippen LogP contribution in [0.15, 0.2) is 31.1 Å². The first-order valence-corrected chi connectivity index (χ1v) is 8.79. The van der Waals surface area contributed by atoms with Crippen molar-refractivity contribution in [2.24, 2.45) is 13.0 Å². The maximum absolute atomic E-state index is 12.5. The van der Waals surface area contributed by atoms with Crippen LogP contribution in [-0.4, -0.2) is 55.9 Å². The van der Waals surface area contributed by atoms with Crippen LogP contribution in [0.3, 0.4) is 0 Å². The van der Waals surface area contributed by atoms with E-state index in [9.17, 15) is 4.79 Å². The molecule has 2 aliphatic heterocycles. The quantitative estimate of drug-likeness (QED) is 0.845. The largest absolute Gasteiger partial charge is 0.375 e. The third-order valence-corrected chi connectivity index (χ3v) is 5.34. The van der Waals surface area contributed by atoms with Crippen LogP contribution in [0.1, 0.15) is 35.2 Å². The first-order chi connectivity index (χ1) is 12.1. The van der Waals surface area contributed by atoms with Crippen molar-refractivity contribution in [3.63, 3.8) is 0 Å². The molecule has 1 atom stereocenters. The Labute approximate surface area is 147 Å². The van der Waals surface area contributed by atoms with Crippen LogP contribution in [-0.2, 0) is 18.2 Å². The fourth-order valence-corrected chi connectivity index (χ4v) is 4.02. The highest BCUT2D eigenvalue weighted by molar-refractivity contribution is 5.93. The molecule has 2 aliphatic rings. The number of rotatable bonds is 3. The number of carbonyl (C=O) groups excluding carboxylic acids is 1. The van der Waals surface area contributed by atoms with Crippen molar-refractivity contribution in [1.29, 1.82) is 0 Å². The molecule has 0 aromatic carbocycles. The van der Waals surface area contributed by atoms with Gasteiger partial charge in [-0.15, -0.1) is 0 Å². The van der Waals surface area contributed by atoms with Crippen LogP contribution < -0.4 is 0 Å².